The molecule has 0 heterocycles. The Hall–Kier alpha value is -0.300. The quantitative estimate of drug-likeness (QED) is 0.606. The highest BCUT2D eigenvalue weighted by Crippen LogP contribution is 2.50. The molecule has 0 N–H and O–H groups in total. The van der Waals surface area contributed by atoms with Gasteiger partial charge >= 0.3 is 0 Å². The van der Waals surface area contributed by atoms with E-state index in [1.165, 1.54) is 32.1 Å². The summed E-state index contributed by atoms with van der Waals surface area (Å²) in [7, 11) is 1.89. The first-order valence-corrected chi connectivity index (χ1v) is 5.47. The summed E-state index contributed by atoms with van der Waals surface area (Å²) in [4.78, 5) is 0. The molecule has 3 aliphatic rings. The van der Waals surface area contributed by atoms with Crippen LogP contribution in [0.2, 0.25) is 0 Å². The fourth-order valence-electron chi connectivity index (χ4n) is 3.31. The van der Waals surface area contributed by atoms with Crippen molar-refractivity contribution in [2.75, 3.05) is 7.11 Å². The third kappa shape index (κ3) is 1.43. The van der Waals surface area contributed by atoms with Crippen molar-refractivity contribution in [2.24, 2.45) is 11.8 Å². The number of ether oxygens (including phenoxy) is 1. The van der Waals surface area contributed by atoms with Crippen LogP contribution >= 0.6 is 0 Å². The number of methoxy groups -OCH3 is 1. The van der Waals surface area contributed by atoms with Gasteiger partial charge in [0.2, 0.25) is 0 Å². The van der Waals surface area contributed by atoms with Gasteiger partial charge in [-0.05, 0) is 50.4 Å². The van der Waals surface area contributed by atoms with Crippen LogP contribution < -0.4 is 0 Å². The van der Waals surface area contributed by atoms with Gasteiger partial charge in [0.15, 0.2) is 0 Å². The molecular weight excluding hydrogens is 160 g/mol. The van der Waals surface area contributed by atoms with E-state index in [0.29, 0.717) is 0 Å². The second kappa shape index (κ2) is 3.45. The summed E-state index contributed by atoms with van der Waals surface area (Å²) in [5.41, 5.74) is 0.225. The molecule has 0 aromatic rings. The summed E-state index contributed by atoms with van der Waals surface area (Å²) in [5, 5.41) is 0. The van der Waals surface area contributed by atoms with Gasteiger partial charge in [0.1, 0.15) is 0 Å². The predicted molar refractivity (Wildman–Crippen MR) is 54.6 cm³/mol. The number of fused-ring (bicyclic) bond motifs is 3. The lowest BCUT2D eigenvalue weighted by Crippen LogP contribution is -2.49. The van der Waals surface area contributed by atoms with E-state index >= 15 is 0 Å². The summed E-state index contributed by atoms with van der Waals surface area (Å²) in [6.07, 6.45) is 9.93. The zero-order valence-corrected chi connectivity index (χ0v) is 8.59. The molecule has 2 bridgehead atoms. The zero-order valence-electron chi connectivity index (χ0n) is 8.59. The highest BCUT2D eigenvalue weighted by Gasteiger charge is 2.47. The molecular formula is C12H20O. The monoisotopic (exact) mass is 180 g/mol. The molecule has 0 aliphatic heterocycles. The maximum Gasteiger partial charge on any atom is 0.0710 e. The number of rotatable bonds is 3. The summed E-state index contributed by atoms with van der Waals surface area (Å²) in [6, 6.07) is 0. The van der Waals surface area contributed by atoms with Crippen molar-refractivity contribution < 1.29 is 4.74 Å². The highest BCUT2D eigenvalue weighted by atomic mass is 16.5. The van der Waals surface area contributed by atoms with Crippen LogP contribution in [0.3, 0.4) is 0 Å². The van der Waals surface area contributed by atoms with Crippen molar-refractivity contribution >= 4 is 0 Å². The van der Waals surface area contributed by atoms with E-state index in [1.54, 1.807) is 0 Å². The first kappa shape index (κ1) is 9.26. The first-order valence-electron chi connectivity index (χ1n) is 5.47. The Morgan fingerprint density at radius 1 is 1.46 bits per heavy atom. The van der Waals surface area contributed by atoms with Crippen LogP contribution in [0.15, 0.2) is 12.7 Å². The van der Waals surface area contributed by atoms with Crippen molar-refractivity contribution in [1.82, 2.24) is 0 Å². The van der Waals surface area contributed by atoms with Gasteiger partial charge in [-0.2, -0.15) is 0 Å². The lowest BCUT2D eigenvalue weighted by atomic mass is 9.61. The fraction of sp³-hybridized carbons (Fsp3) is 0.833. The van der Waals surface area contributed by atoms with E-state index in [1.807, 2.05) is 7.11 Å². The molecule has 0 spiro atoms. The maximum atomic E-state index is 5.78. The van der Waals surface area contributed by atoms with Crippen LogP contribution in [0.1, 0.15) is 38.5 Å². The molecule has 0 saturated heterocycles. The van der Waals surface area contributed by atoms with Crippen LogP contribution in [-0.2, 0) is 4.74 Å². The van der Waals surface area contributed by atoms with Crippen molar-refractivity contribution in [3.05, 3.63) is 12.7 Å². The van der Waals surface area contributed by atoms with Crippen LogP contribution in [-0.4, -0.2) is 12.7 Å². The summed E-state index contributed by atoms with van der Waals surface area (Å²) in [5.74, 6) is 1.74. The van der Waals surface area contributed by atoms with Gasteiger partial charge in [-0.1, -0.05) is 6.08 Å². The summed E-state index contributed by atoms with van der Waals surface area (Å²) < 4.78 is 5.78. The van der Waals surface area contributed by atoms with Crippen molar-refractivity contribution in [2.45, 2.75) is 44.1 Å². The average molecular weight is 180 g/mol. The number of allylic oxidation sites excluding steroid dienone is 1. The first-order chi connectivity index (χ1) is 6.30. The molecule has 13 heavy (non-hydrogen) atoms. The summed E-state index contributed by atoms with van der Waals surface area (Å²) in [6.45, 7) is 3.85. The number of hydrogen-bond donors (Lipinski definition) is 0. The Labute approximate surface area is 81.2 Å². The van der Waals surface area contributed by atoms with Gasteiger partial charge < -0.3 is 4.74 Å². The van der Waals surface area contributed by atoms with Gasteiger partial charge in [0.25, 0.3) is 0 Å². The minimum atomic E-state index is 0.225. The van der Waals surface area contributed by atoms with E-state index in [2.05, 4.69) is 12.7 Å². The smallest absolute Gasteiger partial charge is 0.0710 e. The molecule has 0 amide bonds. The minimum Gasteiger partial charge on any atom is -0.378 e. The fourth-order valence-corrected chi connectivity index (χ4v) is 3.31. The molecule has 0 radical (unpaired) electrons. The van der Waals surface area contributed by atoms with Gasteiger partial charge in [-0.25, -0.2) is 0 Å². The molecule has 0 aromatic heterocycles. The second-order valence-corrected chi connectivity index (χ2v) is 4.67. The molecule has 3 aliphatic carbocycles. The Kier molecular flexibility index (Phi) is 2.46. The molecule has 1 nitrogen and oxygen atoms in total. The van der Waals surface area contributed by atoms with Crippen LogP contribution in [0.25, 0.3) is 0 Å². The second-order valence-electron chi connectivity index (χ2n) is 4.67. The van der Waals surface area contributed by atoms with Crippen LogP contribution in [0.5, 0.6) is 0 Å². The topological polar surface area (TPSA) is 9.23 Å². The van der Waals surface area contributed by atoms with Gasteiger partial charge in [-0.15, -0.1) is 6.58 Å². The van der Waals surface area contributed by atoms with Crippen molar-refractivity contribution in [1.29, 1.82) is 0 Å². The van der Waals surface area contributed by atoms with Crippen molar-refractivity contribution in [3.63, 3.8) is 0 Å². The normalized spacial score (nSPS) is 43.5. The number of hydrogen-bond acceptors (Lipinski definition) is 1. The Morgan fingerprint density at radius 2 is 2.15 bits per heavy atom. The molecule has 1 atom stereocenters. The van der Waals surface area contributed by atoms with Gasteiger partial charge in [0.05, 0.1) is 5.60 Å². The van der Waals surface area contributed by atoms with E-state index in [4.69, 9.17) is 4.74 Å². The van der Waals surface area contributed by atoms with Gasteiger partial charge in [-0.3, -0.25) is 0 Å². The van der Waals surface area contributed by atoms with E-state index in [-0.39, 0.29) is 5.60 Å². The van der Waals surface area contributed by atoms with Crippen LogP contribution in [0.4, 0.5) is 0 Å². The Balaban J connectivity index is 2.13. The largest absolute Gasteiger partial charge is 0.378 e. The Bertz CT molecular complexity index is 189. The third-order valence-electron chi connectivity index (χ3n) is 4.17. The SMILES string of the molecule is C=CC[C@H]1CC2CCC1(OC)CC2. The average Bonchev–Trinajstić information content (AvgIpc) is 2.20. The highest BCUT2D eigenvalue weighted by molar-refractivity contribution is 5.00. The molecule has 1 heteroatoms. The van der Waals surface area contributed by atoms with Gasteiger partial charge in [0, 0.05) is 7.11 Å². The molecule has 0 aromatic carbocycles. The summed E-state index contributed by atoms with van der Waals surface area (Å²) >= 11 is 0. The molecule has 3 fully saturated rings. The molecule has 3 saturated carbocycles. The van der Waals surface area contributed by atoms with E-state index in [9.17, 15) is 0 Å². The molecule has 3 rings (SSSR count). The predicted octanol–water partition coefficient (Wildman–Crippen LogP) is 3.16. The molecule has 0 unspecified atom stereocenters. The standard InChI is InChI=1S/C12H20O/c1-3-4-11-9-10-5-7-12(11,13-2)8-6-10/h3,10-11H,1,4-9H2,2H3/t10?,11-,12?/m0/s1. The van der Waals surface area contributed by atoms with E-state index in [0.717, 1.165) is 18.3 Å². The van der Waals surface area contributed by atoms with E-state index < -0.39 is 0 Å². The lowest BCUT2D eigenvalue weighted by molar-refractivity contribution is -0.129. The van der Waals surface area contributed by atoms with Crippen LogP contribution in [0, 0.1) is 11.8 Å². The van der Waals surface area contributed by atoms with Crippen molar-refractivity contribution in [3.8, 4) is 0 Å². The minimum absolute atomic E-state index is 0.225. The lowest BCUT2D eigenvalue weighted by Gasteiger charge is -2.51. The zero-order chi connectivity index (χ0) is 9.31. The molecule has 74 valence electrons. The third-order valence-corrected chi connectivity index (χ3v) is 4.17. The Morgan fingerprint density at radius 3 is 2.69 bits per heavy atom. The maximum absolute atomic E-state index is 5.78.